The Bertz CT molecular complexity index is 474. The summed E-state index contributed by atoms with van der Waals surface area (Å²) < 4.78 is 5.59. The Kier molecular flexibility index (Phi) is 3.37. The third-order valence-electron chi connectivity index (χ3n) is 2.14. The fraction of sp³-hybridized carbons (Fsp3) is 0.167. The second-order valence-electron chi connectivity index (χ2n) is 3.36. The molecule has 0 bridgehead atoms. The molecule has 82 valence electrons. The standard InChI is InChI=1S/C12H11ClN2O/c1-9-11(7-14-12(13)15-9)16-8-10-5-3-2-4-6-10/h2-7H,8H2,1H3. The summed E-state index contributed by atoms with van der Waals surface area (Å²) in [5.74, 6) is 0.660. The van der Waals surface area contributed by atoms with Gasteiger partial charge in [0, 0.05) is 0 Å². The van der Waals surface area contributed by atoms with Gasteiger partial charge in [0.05, 0.1) is 11.9 Å². The van der Waals surface area contributed by atoms with E-state index in [1.165, 1.54) is 0 Å². The van der Waals surface area contributed by atoms with Crippen LogP contribution in [0.15, 0.2) is 36.5 Å². The molecule has 2 rings (SSSR count). The maximum absolute atomic E-state index is 5.66. The first-order valence-corrected chi connectivity index (χ1v) is 5.29. The van der Waals surface area contributed by atoms with E-state index in [1.54, 1.807) is 6.20 Å². The first-order chi connectivity index (χ1) is 7.75. The van der Waals surface area contributed by atoms with Crippen LogP contribution in [0, 0.1) is 6.92 Å². The van der Waals surface area contributed by atoms with Gasteiger partial charge >= 0.3 is 0 Å². The van der Waals surface area contributed by atoms with Gasteiger partial charge in [-0.1, -0.05) is 30.3 Å². The van der Waals surface area contributed by atoms with Crippen molar-refractivity contribution < 1.29 is 4.74 Å². The topological polar surface area (TPSA) is 35.0 Å². The minimum Gasteiger partial charge on any atom is -0.485 e. The van der Waals surface area contributed by atoms with Crippen molar-refractivity contribution >= 4 is 11.6 Å². The normalized spacial score (nSPS) is 10.1. The minimum atomic E-state index is 0.240. The third-order valence-corrected chi connectivity index (χ3v) is 2.32. The number of benzene rings is 1. The molecular formula is C12H11ClN2O. The summed E-state index contributed by atoms with van der Waals surface area (Å²) in [5.41, 5.74) is 1.85. The molecule has 0 saturated carbocycles. The lowest BCUT2D eigenvalue weighted by atomic mass is 10.2. The second kappa shape index (κ2) is 4.94. The molecule has 0 aliphatic heterocycles. The van der Waals surface area contributed by atoms with Crippen molar-refractivity contribution in [2.45, 2.75) is 13.5 Å². The van der Waals surface area contributed by atoms with Crippen molar-refractivity contribution in [3.05, 3.63) is 53.1 Å². The van der Waals surface area contributed by atoms with Gasteiger partial charge in [-0.3, -0.25) is 0 Å². The van der Waals surface area contributed by atoms with E-state index in [2.05, 4.69) is 9.97 Å². The van der Waals surface area contributed by atoms with Gasteiger partial charge in [-0.15, -0.1) is 0 Å². The summed E-state index contributed by atoms with van der Waals surface area (Å²) in [6, 6.07) is 9.94. The molecule has 1 aromatic heterocycles. The number of rotatable bonds is 3. The Hall–Kier alpha value is -1.61. The van der Waals surface area contributed by atoms with Crippen LogP contribution in [-0.4, -0.2) is 9.97 Å². The van der Waals surface area contributed by atoms with E-state index in [9.17, 15) is 0 Å². The lowest BCUT2D eigenvalue weighted by Gasteiger charge is -2.07. The van der Waals surface area contributed by atoms with E-state index >= 15 is 0 Å². The van der Waals surface area contributed by atoms with E-state index in [0.29, 0.717) is 12.4 Å². The first-order valence-electron chi connectivity index (χ1n) is 4.91. The zero-order valence-corrected chi connectivity index (χ0v) is 9.61. The van der Waals surface area contributed by atoms with Crippen LogP contribution in [0.2, 0.25) is 5.28 Å². The average molecular weight is 235 g/mol. The van der Waals surface area contributed by atoms with Crippen molar-refractivity contribution in [3.63, 3.8) is 0 Å². The number of hydrogen-bond acceptors (Lipinski definition) is 3. The van der Waals surface area contributed by atoms with Gasteiger partial charge in [0.1, 0.15) is 6.61 Å². The summed E-state index contributed by atoms with van der Waals surface area (Å²) in [6.45, 7) is 2.35. The monoisotopic (exact) mass is 234 g/mol. The Morgan fingerprint density at radius 3 is 2.69 bits per heavy atom. The molecule has 0 aliphatic rings. The summed E-state index contributed by atoms with van der Waals surface area (Å²) in [4.78, 5) is 7.90. The molecule has 0 N–H and O–H groups in total. The van der Waals surface area contributed by atoms with E-state index in [1.807, 2.05) is 37.3 Å². The fourth-order valence-electron chi connectivity index (χ4n) is 1.30. The van der Waals surface area contributed by atoms with E-state index in [4.69, 9.17) is 16.3 Å². The largest absolute Gasteiger partial charge is 0.485 e. The van der Waals surface area contributed by atoms with Gasteiger partial charge in [0.2, 0.25) is 5.28 Å². The summed E-state index contributed by atoms with van der Waals surface area (Å²) in [7, 11) is 0. The highest BCUT2D eigenvalue weighted by Crippen LogP contribution is 2.16. The summed E-state index contributed by atoms with van der Waals surface area (Å²) in [6.07, 6.45) is 1.59. The second-order valence-corrected chi connectivity index (χ2v) is 3.70. The molecule has 0 amide bonds. The molecule has 3 nitrogen and oxygen atoms in total. The predicted octanol–water partition coefficient (Wildman–Crippen LogP) is 3.02. The number of aryl methyl sites for hydroxylation is 1. The molecule has 4 heteroatoms. The number of halogens is 1. The summed E-state index contributed by atoms with van der Waals surface area (Å²) in [5, 5.41) is 0.240. The Labute approximate surface area is 99.1 Å². The van der Waals surface area contributed by atoms with Crippen molar-refractivity contribution in [1.29, 1.82) is 0 Å². The van der Waals surface area contributed by atoms with Crippen LogP contribution in [0.5, 0.6) is 5.75 Å². The van der Waals surface area contributed by atoms with Crippen molar-refractivity contribution in [1.82, 2.24) is 9.97 Å². The molecule has 0 saturated heterocycles. The molecule has 0 atom stereocenters. The van der Waals surface area contributed by atoms with Crippen LogP contribution in [0.1, 0.15) is 11.3 Å². The van der Waals surface area contributed by atoms with Crippen molar-refractivity contribution in [2.75, 3.05) is 0 Å². The van der Waals surface area contributed by atoms with Crippen LogP contribution in [0.25, 0.3) is 0 Å². The molecule has 0 radical (unpaired) electrons. The van der Waals surface area contributed by atoms with Gasteiger partial charge in [-0.2, -0.15) is 0 Å². The number of ether oxygens (including phenoxy) is 1. The Morgan fingerprint density at radius 2 is 2.00 bits per heavy atom. The number of aromatic nitrogens is 2. The maximum atomic E-state index is 5.66. The van der Waals surface area contributed by atoms with Gasteiger partial charge in [-0.05, 0) is 24.1 Å². The molecule has 0 unspecified atom stereocenters. The maximum Gasteiger partial charge on any atom is 0.222 e. The average Bonchev–Trinajstić information content (AvgIpc) is 2.29. The first kappa shape index (κ1) is 10.9. The van der Waals surface area contributed by atoms with Gasteiger partial charge < -0.3 is 4.74 Å². The lowest BCUT2D eigenvalue weighted by molar-refractivity contribution is 0.301. The van der Waals surface area contributed by atoms with Gasteiger partial charge in [-0.25, -0.2) is 9.97 Å². The molecule has 16 heavy (non-hydrogen) atoms. The smallest absolute Gasteiger partial charge is 0.222 e. The molecule has 1 aromatic carbocycles. The zero-order valence-electron chi connectivity index (χ0n) is 8.85. The zero-order chi connectivity index (χ0) is 11.4. The van der Waals surface area contributed by atoms with Crippen LogP contribution >= 0.6 is 11.6 Å². The third kappa shape index (κ3) is 2.70. The lowest BCUT2D eigenvalue weighted by Crippen LogP contribution is -1.99. The highest BCUT2D eigenvalue weighted by atomic mass is 35.5. The van der Waals surface area contributed by atoms with E-state index in [-0.39, 0.29) is 5.28 Å². The highest BCUT2D eigenvalue weighted by molar-refractivity contribution is 6.28. The Balaban J connectivity index is 2.05. The predicted molar refractivity (Wildman–Crippen MR) is 62.6 cm³/mol. The molecule has 2 aromatic rings. The molecule has 0 spiro atoms. The van der Waals surface area contributed by atoms with Crippen LogP contribution in [-0.2, 0) is 6.61 Å². The van der Waals surface area contributed by atoms with E-state index in [0.717, 1.165) is 11.3 Å². The number of hydrogen-bond donors (Lipinski definition) is 0. The SMILES string of the molecule is Cc1nc(Cl)ncc1OCc1ccccc1. The number of nitrogens with zero attached hydrogens (tertiary/aromatic N) is 2. The molecule has 0 fully saturated rings. The highest BCUT2D eigenvalue weighted by Gasteiger charge is 2.02. The molecule has 1 heterocycles. The van der Waals surface area contributed by atoms with Crippen LogP contribution < -0.4 is 4.74 Å². The van der Waals surface area contributed by atoms with Crippen molar-refractivity contribution in [2.24, 2.45) is 0 Å². The van der Waals surface area contributed by atoms with Crippen molar-refractivity contribution in [3.8, 4) is 5.75 Å². The van der Waals surface area contributed by atoms with Crippen LogP contribution in [0.3, 0.4) is 0 Å². The quantitative estimate of drug-likeness (QED) is 0.766. The van der Waals surface area contributed by atoms with E-state index < -0.39 is 0 Å². The van der Waals surface area contributed by atoms with Crippen LogP contribution in [0.4, 0.5) is 0 Å². The summed E-state index contributed by atoms with van der Waals surface area (Å²) >= 11 is 5.66. The molecule has 0 aliphatic carbocycles. The fourth-order valence-corrected chi connectivity index (χ4v) is 1.48. The minimum absolute atomic E-state index is 0.240. The molecular weight excluding hydrogens is 224 g/mol. The Morgan fingerprint density at radius 1 is 1.25 bits per heavy atom. The van der Waals surface area contributed by atoms with Gasteiger partial charge in [0.15, 0.2) is 5.75 Å². The van der Waals surface area contributed by atoms with Gasteiger partial charge in [0.25, 0.3) is 0 Å².